The monoisotopic (exact) mass is 241 g/mol. The quantitative estimate of drug-likeness (QED) is 0.705. The van der Waals surface area contributed by atoms with Gasteiger partial charge in [0.15, 0.2) is 0 Å². The third-order valence-corrected chi connectivity index (χ3v) is 3.04. The van der Waals surface area contributed by atoms with Crippen molar-refractivity contribution < 1.29 is 13.2 Å². The van der Waals surface area contributed by atoms with Gasteiger partial charge in [0.2, 0.25) is 0 Å². The Morgan fingerprint density at radius 3 is 2.47 bits per heavy atom. The Morgan fingerprint density at radius 1 is 1.29 bits per heavy atom. The van der Waals surface area contributed by atoms with E-state index in [2.05, 4.69) is 4.99 Å². The predicted molar refractivity (Wildman–Crippen MR) is 61.4 cm³/mol. The van der Waals surface area contributed by atoms with Crippen LogP contribution in [0.3, 0.4) is 0 Å². The van der Waals surface area contributed by atoms with Gasteiger partial charge in [-0.3, -0.25) is 4.99 Å². The summed E-state index contributed by atoms with van der Waals surface area (Å²) in [4.78, 5) is 4.45. The Bertz CT molecular complexity index is 460. The first-order valence-electron chi connectivity index (χ1n) is 5.63. The van der Waals surface area contributed by atoms with E-state index in [0.717, 1.165) is 30.2 Å². The third kappa shape index (κ3) is 2.51. The predicted octanol–water partition coefficient (Wildman–Crippen LogP) is 3.99. The zero-order valence-electron chi connectivity index (χ0n) is 9.80. The molecule has 0 aromatic heterocycles. The van der Waals surface area contributed by atoms with Crippen LogP contribution in [0, 0.1) is 6.92 Å². The molecule has 0 aliphatic carbocycles. The Morgan fingerprint density at radius 2 is 2.00 bits per heavy atom. The normalized spacial score (nSPS) is 20.5. The highest BCUT2D eigenvalue weighted by Gasteiger charge is 2.31. The van der Waals surface area contributed by atoms with Crippen molar-refractivity contribution in [3.8, 4) is 0 Å². The van der Waals surface area contributed by atoms with E-state index in [4.69, 9.17) is 0 Å². The number of nitrogens with zero attached hydrogens (tertiary/aromatic N) is 1. The van der Waals surface area contributed by atoms with Gasteiger partial charge in [-0.05, 0) is 49.9 Å². The molecule has 0 radical (unpaired) electrons. The van der Waals surface area contributed by atoms with E-state index in [1.54, 1.807) is 6.92 Å². The topological polar surface area (TPSA) is 12.4 Å². The summed E-state index contributed by atoms with van der Waals surface area (Å²) in [5.41, 5.74) is 1.84. The van der Waals surface area contributed by atoms with Crippen LogP contribution in [-0.4, -0.2) is 11.8 Å². The molecule has 0 saturated carbocycles. The lowest BCUT2D eigenvalue weighted by molar-refractivity contribution is -0.137. The molecule has 1 aromatic rings. The second kappa shape index (κ2) is 4.17. The lowest BCUT2D eigenvalue weighted by atomic mass is 9.99. The van der Waals surface area contributed by atoms with Crippen molar-refractivity contribution in [2.24, 2.45) is 4.99 Å². The maximum Gasteiger partial charge on any atom is 0.416 e. The number of benzene rings is 1. The van der Waals surface area contributed by atoms with Crippen molar-refractivity contribution in [2.45, 2.75) is 38.9 Å². The second-order valence-electron chi connectivity index (χ2n) is 4.49. The van der Waals surface area contributed by atoms with Gasteiger partial charge >= 0.3 is 6.18 Å². The molecule has 0 saturated heterocycles. The summed E-state index contributed by atoms with van der Waals surface area (Å²) in [6.07, 6.45) is -2.43. The van der Waals surface area contributed by atoms with E-state index in [1.165, 1.54) is 12.1 Å². The van der Waals surface area contributed by atoms with E-state index in [0.29, 0.717) is 5.56 Å². The molecule has 0 bridgehead atoms. The SMILES string of the molecule is Cc1cc(C(F)(F)F)ccc1C1=NC(C)CC1. The van der Waals surface area contributed by atoms with E-state index in [1.807, 2.05) is 6.92 Å². The Balaban J connectivity index is 2.36. The van der Waals surface area contributed by atoms with Crippen LogP contribution in [0.15, 0.2) is 23.2 Å². The highest BCUT2D eigenvalue weighted by Crippen LogP contribution is 2.31. The van der Waals surface area contributed by atoms with Gasteiger partial charge in [0.1, 0.15) is 0 Å². The third-order valence-electron chi connectivity index (χ3n) is 3.04. The molecule has 0 N–H and O–H groups in total. The molecule has 0 fully saturated rings. The summed E-state index contributed by atoms with van der Waals surface area (Å²) in [6, 6.07) is 4.15. The molecule has 1 aliphatic rings. The highest BCUT2D eigenvalue weighted by molar-refractivity contribution is 6.02. The fraction of sp³-hybridized carbons (Fsp3) is 0.462. The van der Waals surface area contributed by atoms with E-state index in [9.17, 15) is 13.2 Å². The number of hydrogen-bond donors (Lipinski definition) is 0. The molecule has 92 valence electrons. The summed E-state index contributed by atoms with van der Waals surface area (Å²) < 4.78 is 37.5. The van der Waals surface area contributed by atoms with Crippen LogP contribution in [0.5, 0.6) is 0 Å². The fourth-order valence-corrected chi connectivity index (χ4v) is 2.11. The molecular weight excluding hydrogens is 227 g/mol. The average molecular weight is 241 g/mol. The number of halogens is 3. The number of hydrogen-bond acceptors (Lipinski definition) is 1. The van der Waals surface area contributed by atoms with Gasteiger partial charge in [-0.15, -0.1) is 0 Å². The number of aliphatic imine (C=N–C) groups is 1. The van der Waals surface area contributed by atoms with E-state index >= 15 is 0 Å². The van der Waals surface area contributed by atoms with Crippen LogP contribution in [0.25, 0.3) is 0 Å². The second-order valence-corrected chi connectivity index (χ2v) is 4.49. The molecular formula is C13H14F3N. The van der Waals surface area contributed by atoms with E-state index < -0.39 is 11.7 Å². The van der Waals surface area contributed by atoms with Crippen LogP contribution >= 0.6 is 0 Å². The van der Waals surface area contributed by atoms with Crippen LogP contribution in [0.4, 0.5) is 13.2 Å². The molecule has 1 atom stereocenters. The summed E-state index contributed by atoms with van der Waals surface area (Å²) >= 11 is 0. The molecule has 1 nitrogen and oxygen atoms in total. The molecule has 1 aromatic carbocycles. The van der Waals surface area contributed by atoms with Gasteiger partial charge in [0.05, 0.1) is 5.56 Å². The average Bonchev–Trinajstić information content (AvgIpc) is 2.63. The van der Waals surface area contributed by atoms with Crippen LogP contribution in [0.2, 0.25) is 0 Å². The van der Waals surface area contributed by atoms with Crippen molar-refractivity contribution in [3.05, 3.63) is 34.9 Å². The van der Waals surface area contributed by atoms with Crippen LogP contribution < -0.4 is 0 Å². The minimum Gasteiger partial charge on any atom is -0.286 e. The van der Waals surface area contributed by atoms with Crippen molar-refractivity contribution in [3.63, 3.8) is 0 Å². The summed E-state index contributed by atoms with van der Waals surface area (Å²) in [6.45, 7) is 3.72. The number of rotatable bonds is 1. The summed E-state index contributed by atoms with van der Waals surface area (Å²) in [5.74, 6) is 0. The number of aryl methyl sites for hydroxylation is 1. The van der Waals surface area contributed by atoms with Gasteiger partial charge < -0.3 is 0 Å². The molecule has 17 heavy (non-hydrogen) atoms. The summed E-state index contributed by atoms with van der Waals surface area (Å²) in [5, 5.41) is 0. The smallest absolute Gasteiger partial charge is 0.286 e. The molecule has 2 rings (SSSR count). The molecule has 1 heterocycles. The lowest BCUT2D eigenvalue weighted by Gasteiger charge is -2.10. The minimum atomic E-state index is -4.27. The van der Waals surface area contributed by atoms with Crippen LogP contribution in [-0.2, 0) is 6.18 Å². The van der Waals surface area contributed by atoms with Crippen LogP contribution in [0.1, 0.15) is 36.5 Å². The van der Waals surface area contributed by atoms with Crippen molar-refractivity contribution >= 4 is 5.71 Å². The van der Waals surface area contributed by atoms with E-state index in [-0.39, 0.29) is 6.04 Å². The number of alkyl halides is 3. The van der Waals surface area contributed by atoms with Crippen molar-refractivity contribution in [2.75, 3.05) is 0 Å². The van der Waals surface area contributed by atoms with Gasteiger partial charge in [-0.1, -0.05) is 6.07 Å². The van der Waals surface area contributed by atoms with Gasteiger partial charge in [0.25, 0.3) is 0 Å². The Kier molecular flexibility index (Phi) is 2.98. The first-order valence-corrected chi connectivity index (χ1v) is 5.63. The maximum atomic E-state index is 12.5. The standard InChI is InChI=1S/C13H14F3N/c1-8-7-10(13(14,15)16)4-5-11(8)12-6-3-9(2)17-12/h4-5,7,9H,3,6H2,1-2H3. The molecule has 0 spiro atoms. The Hall–Kier alpha value is -1.32. The molecule has 4 heteroatoms. The minimum absolute atomic E-state index is 0.284. The van der Waals surface area contributed by atoms with Gasteiger partial charge in [-0.25, -0.2) is 0 Å². The van der Waals surface area contributed by atoms with Crippen molar-refractivity contribution in [1.29, 1.82) is 0 Å². The zero-order chi connectivity index (χ0) is 12.6. The highest BCUT2D eigenvalue weighted by atomic mass is 19.4. The summed E-state index contributed by atoms with van der Waals surface area (Å²) in [7, 11) is 0. The first kappa shape index (κ1) is 12.1. The lowest BCUT2D eigenvalue weighted by Crippen LogP contribution is -2.07. The van der Waals surface area contributed by atoms with Gasteiger partial charge in [0, 0.05) is 11.8 Å². The largest absolute Gasteiger partial charge is 0.416 e. The molecule has 0 amide bonds. The molecule has 1 unspecified atom stereocenters. The Labute approximate surface area is 98.4 Å². The zero-order valence-corrected chi connectivity index (χ0v) is 9.80. The molecule has 1 aliphatic heterocycles. The first-order chi connectivity index (χ1) is 7.88. The van der Waals surface area contributed by atoms with Gasteiger partial charge in [-0.2, -0.15) is 13.2 Å². The fourth-order valence-electron chi connectivity index (χ4n) is 2.11. The maximum absolute atomic E-state index is 12.5. The van der Waals surface area contributed by atoms with Crippen molar-refractivity contribution in [1.82, 2.24) is 0 Å².